The van der Waals surface area contributed by atoms with Gasteiger partial charge < -0.3 is 4.89 Å². The summed E-state index contributed by atoms with van der Waals surface area (Å²) >= 11 is 0. The predicted octanol–water partition coefficient (Wildman–Crippen LogP) is 1.59. The Labute approximate surface area is 93.8 Å². The lowest BCUT2D eigenvalue weighted by Gasteiger charge is -2.05. The van der Waals surface area contributed by atoms with E-state index in [1.54, 1.807) is 0 Å². The Kier molecular flexibility index (Phi) is 5.22. The highest BCUT2D eigenvalue weighted by Gasteiger charge is 2.31. The van der Waals surface area contributed by atoms with Crippen LogP contribution in [0.2, 0.25) is 0 Å². The van der Waals surface area contributed by atoms with Crippen molar-refractivity contribution in [2.24, 2.45) is 0 Å². The van der Waals surface area contributed by atoms with Crippen molar-refractivity contribution in [1.82, 2.24) is 5.09 Å². The maximum atomic E-state index is 11.1. The third-order valence-electron chi connectivity index (χ3n) is 1.75. The summed E-state index contributed by atoms with van der Waals surface area (Å²) in [5.41, 5.74) is 0.989. The zero-order chi connectivity index (χ0) is 12.0. The molecule has 16 heavy (non-hydrogen) atoms. The van der Waals surface area contributed by atoms with E-state index in [9.17, 15) is 9.13 Å². The van der Waals surface area contributed by atoms with E-state index in [0.29, 0.717) is 6.42 Å². The fourth-order valence-corrected chi connectivity index (χ4v) is 2.49. The highest BCUT2D eigenvalue weighted by Crippen LogP contribution is 2.45. The minimum Gasteiger partial charge on any atom is -0.310 e. The molecule has 0 amide bonds. The molecule has 1 aromatic carbocycles. The lowest BCUT2D eigenvalue weighted by Crippen LogP contribution is -2.14. The molecule has 1 aromatic rings. The molecule has 1 rings (SSSR count). The van der Waals surface area contributed by atoms with Crippen LogP contribution in [0, 0.1) is 0 Å². The van der Waals surface area contributed by atoms with Crippen molar-refractivity contribution < 1.29 is 23.2 Å². The minimum absolute atomic E-state index is 0.182. The van der Waals surface area contributed by atoms with E-state index >= 15 is 0 Å². The second-order valence-electron chi connectivity index (χ2n) is 2.98. The number of hydrogen-bond acceptors (Lipinski definition) is 3. The van der Waals surface area contributed by atoms with E-state index in [4.69, 9.17) is 9.79 Å². The summed E-state index contributed by atoms with van der Waals surface area (Å²) in [6.45, 7) is 0.182. The summed E-state index contributed by atoms with van der Waals surface area (Å²) < 4.78 is 25.2. The number of nitrogens with one attached hydrogen (secondary N) is 1. The number of benzene rings is 1. The first-order chi connectivity index (χ1) is 7.49. The van der Waals surface area contributed by atoms with Crippen LogP contribution < -0.4 is 5.09 Å². The van der Waals surface area contributed by atoms with Crippen molar-refractivity contribution in [3.63, 3.8) is 0 Å². The molecule has 0 aliphatic carbocycles. The minimum atomic E-state index is -4.17. The third-order valence-corrected chi connectivity index (χ3v) is 3.82. The third kappa shape index (κ3) is 5.47. The molecule has 3 N–H and O–H groups in total. The van der Waals surface area contributed by atoms with Crippen LogP contribution in [0.25, 0.3) is 0 Å². The largest absolute Gasteiger partial charge is 0.704 e. The zero-order valence-corrected chi connectivity index (χ0v) is 10.1. The molecule has 8 heteroatoms. The van der Waals surface area contributed by atoms with Gasteiger partial charge in [0.05, 0.1) is 0 Å². The van der Waals surface area contributed by atoms with Crippen LogP contribution in [-0.4, -0.2) is 16.3 Å². The standard InChI is InChI=1S/C8H11NO5P2/c10-15(11)14-16(12,13)9-7-6-8-4-2-1-3-5-8/h1-5H,6-7H2,(H2-,9,10,11,12,13)/p+1. The lowest BCUT2D eigenvalue weighted by atomic mass is 10.2. The molecule has 0 saturated heterocycles. The van der Waals surface area contributed by atoms with Gasteiger partial charge in [0.1, 0.15) is 0 Å². The average molecular weight is 264 g/mol. The van der Waals surface area contributed by atoms with Crippen molar-refractivity contribution in [3.05, 3.63) is 35.9 Å². The molecule has 0 aliphatic heterocycles. The summed E-state index contributed by atoms with van der Waals surface area (Å²) in [7, 11) is -7.25. The quantitative estimate of drug-likeness (QED) is 0.675. The topological polar surface area (TPSA) is 95.9 Å². The molecule has 2 atom stereocenters. The lowest BCUT2D eigenvalue weighted by molar-refractivity contribution is 0.339. The molecular formula is C8H12NO5P2+. The monoisotopic (exact) mass is 264 g/mol. The molecule has 0 bridgehead atoms. The van der Waals surface area contributed by atoms with Gasteiger partial charge >= 0.3 is 16.0 Å². The summed E-state index contributed by atoms with van der Waals surface area (Å²) in [4.78, 5) is 17.4. The molecule has 0 saturated carbocycles. The van der Waals surface area contributed by atoms with Crippen LogP contribution in [0.1, 0.15) is 5.56 Å². The first kappa shape index (κ1) is 13.5. The molecule has 88 valence electrons. The van der Waals surface area contributed by atoms with Crippen LogP contribution >= 0.6 is 16.0 Å². The molecule has 0 aliphatic rings. The fraction of sp³-hybridized carbons (Fsp3) is 0.250. The fourth-order valence-electron chi connectivity index (χ4n) is 1.11. The van der Waals surface area contributed by atoms with Crippen molar-refractivity contribution >= 4 is 16.0 Å². The predicted molar refractivity (Wildman–Crippen MR) is 58.9 cm³/mol. The highest BCUT2D eigenvalue weighted by atomic mass is 31.2. The zero-order valence-electron chi connectivity index (χ0n) is 8.31. The maximum Gasteiger partial charge on any atom is 0.704 e. The molecule has 0 aromatic heterocycles. The molecule has 0 heterocycles. The van der Waals surface area contributed by atoms with E-state index < -0.39 is 16.0 Å². The Morgan fingerprint density at radius 1 is 1.38 bits per heavy atom. The van der Waals surface area contributed by atoms with Gasteiger partial charge in [-0.2, -0.15) is 0 Å². The second kappa shape index (κ2) is 6.21. The molecule has 2 unspecified atom stereocenters. The molecule has 0 radical (unpaired) electrons. The maximum absolute atomic E-state index is 11.1. The van der Waals surface area contributed by atoms with Gasteiger partial charge in [-0.3, -0.25) is 0 Å². The Hall–Kier alpha value is -0.610. The van der Waals surface area contributed by atoms with Gasteiger partial charge in [0.2, 0.25) is 0 Å². The summed E-state index contributed by atoms with van der Waals surface area (Å²) in [5.74, 6) is 0. The van der Waals surface area contributed by atoms with Gasteiger partial charge in [-0.25, -0.2) is 9.65 Å². The van der Waals surface area contributed by atoms with E-state index in [0.717, 1.165) is 5.56 Å². The smallest absolute Gasteiger partial charge is 0.310 e. The van der Waals surface area contributed by atoms with Crippen molar-refractivity contribution in [2.45, 2.75) is 6.42 Å². The Balaban J connectivity index is 2.36. The Morgan fingerprint density at radius 2 is 2.00 bits per heavy atom. The van der Waals surface area contributed by atoms with Gasteiger partial charge in [0, 0.05) is 11.1 Å². The van der Waals surface area contributed by atoms with Crippen molar-refractivity contribution in [3.8, 4) is 0 Å². The van der Waals surface area contributed by atoms with Crippen LogP contribution in [0.5, 0.6) is 0 Å². The van der Waals surface area contributed by atoms with E-state index in [1.165, 1.54) is 0 Å². The Morgan fingerprint density at radius 3 is 2.56 bits per heavy atom. The normalized spacial score (nSPS) is 15.5. The average Bonchev–Trinajstić information content (AvgIpc) is 2.16. The first-order valence-electron chi connectivity index (χ1n) is 4.47. The second-order valence-corrected chi connectivity index (χ2v) is 5.47. The molecular weight excluding hydrogens is 252 g/mol. The summed E-state index contributed by atoms with van der Waals surface area (Å²) in [6.07, 6.45) is 0.525. The van der Waals surface area contributed by atoms with Crippen molar-refractivity contribution in [2.75, 3.05) is 6.54 Å². The SMILES string of the molecule is O=[P+](O)OP(=O)(O)NCCc1ccccc1. The van der Waals surface area contributed by atoms with Crippen LogP contribution in [0.15, 0.2) is 30.3 Å². The molecule has 6 nitrogen and oxygen atoms in total. The van der Waals surface area contributed by atoms with Crippen molar-refractivity contribution in [1.29, 1.82) is 0 Å². The van der Waals surface area contributed by atoms with Gasteiger partial charge in [-0.15, -0.1) is 4.89 Å². The van der Waals surface area contributed by atoms with Gasteiger partial charge in [0.25, 0.3) is 0 Å². The van der Waals surface area contributed by atoms with Gasteiger partial charge in [0.15, 0.2) is 0 Å². The van der Waals surface area contributed by atoms with Gasteiger partial charge in [-0.1, -0.05) is 30.3 Å². The molecule has 0 spiro atoms. The van der Waals surface area contributed by atoms with Gasteiger partial charge in [-0.05, 0) is 16.3 Å². The van der Waals surface area contributed by atoms with Crippen LogP contribution in [0.4, 0.5) is 0 Å². The van der Waals surface area contributed by atoms with Crippen LogP contribution in [-0.2, 0) is 19.9 Å². The Bertz CT molecular complexity index is 397. The highest BCUT2D eigenvalue weighted by molar-refractivity contribution is 7.58. The summed E-state index contributed by atoms with van der Waals surface area (Å²) in [5, 5.41) is 2.18. The van der Waals surface area contributed by atoms with E-state index in [1.807, 2.05) is 30.3 Å². The molecule has 0 fully saturated rings. The first-order valence-corrected chi connectivity index (χ1v) is 7.18. The number of hydrogen-bond donors (Lipinski definition) is 3. The summed E-state index contributed by atoms with van der Waals surface area (Å²) in [6, 6.07) is 9.33. The van der Waals surface area contributed by atoms with E-state index in [-0.39, 0.29) is 6.54 Å². The van der Waals surface area contributed by atoms with E-state index in [2.05, 4.69) is 9.40 Å². The number of rotatable bonds is 6. The van der Waals surface area contributed by atoms with Crippen LogP contribution in [0.3, 0.4) is 0 Å².